The van der Waals surface area contributed by atoms with E-state index in [1.54, 1.807) is 6.07 Å². The van der Waals surface area contributed by atoms with E-state index >= 15 is 0 Å². The molecule has 0 aliphatic carbocycles. The summed E-state index contributed by atoms with van der Waals surface area (Å²) in [5.41, 5.74) is 3.75. The summed E-state index contributed by atoms with van der Waals surface area (Å²) in [6.45, 7) is 5.44. The van der Waals surface area contributed by atoms with Crippen LogP contribution in [-0.2, 0) is 17.9 Å². The number of carbonyl (C=O) groups is 2. The molecule has 1 unspecified atom stereocenters. The van der Waals surface area contributed by atoms with E-state index in [1.807, 2.05) is 63.4 Å². The molecule has 2 aromatic carbocycles. The topological polar surface area (TPSA) is 70.2 Å². The maximum Gasteiger partial charge on any atom is 0.251 e. The third-order valence-electron chi connectivity index (χ3n) is 4.19. The average molecular weight is 353 g/mol. The van der Waals surface area contributed by atoms with Gasteiger partial charge in [0, 0.05) is 31.1 Å². The number of rotatable bonds is 8. The zero-order chi connectivity index (χ0) is 18.9. The standard InChI is InChI=1S/C21H27N3O2/c1-15-7-9-17(10-8-15)13-24-21(26)19-6-4-5-18(11-19)14-23-20(25)16(2)12-22-3/h4-11,16,22H,12-14H2,1-3H3,(H,23,25)(H,24,26). The molecule has 5 nitrogen and oxygen atoms in total. The first kappa shape index (κ1) is 19.7. The fraction of sp³-hybridized carbons (Fsp3) is 0.333. The molecule has 2 aromatic rings. The van der Waals surface area contributed by atoms with Gasteiger partial charge in [-0.05, 0) is 37.2 Å². The van der Waals surface area contributed by atoms with Gasteiger partial charge in [-0.25, -0.2) is 0 Å². The number of amides is 2. The Bertz CT molecular complexity index is 741. The predicted molar refractivity (Wildman–Crippen MR) is 104 cm³/mol. The highest BCUT2D eigenvalue weighted by atomic mass is 16.2. The summed E-state index contributed by atoms with van der Waals surface area (Å²) >= 11 is 0. The van der Waals surface area contributed by atoms with Crippen LogP contribution >= 0.6 is 0 Å². The smallest absolute Gasteiger partial charge is 0.251 e. The molecule has 2 amide bonds. The number of hydrogen-bond acceptors (Lipinski definition) is 3. The maximum absolute atomic E-state index is 12.4. The Morgan fingerprint density at radius 3 is 2.35 bits per heavy atom. The number of benzene rings is 2. The van der Waals surface area contributed by atoms with E-state index < -0.39 is 0 Å². The second-order valence-corrected chi connectivity index (χ2v) is 6.55. The molecule has 5 heteroatoms. The van der Waals surface area contributed by atoms with Gasteiger partial charge in [0.1, 0.15) is 0 Å². The van der Waals surface area contributed by atoms with Crippen LogP contribution in [0.3, 0.4) is 0 Å². The van der Waals surface area contributed by atoms with E-state index in [1.165, 1.54) is 5.56 Å². The number of aryl methyl sites for hydroxylation is 1. The van der Waals surface area contributed by atoms with E-state index in [9.17, 15) is 9.59 Å². The van der Waals surface area contributed by atoms with Crippen molar-refractivity contribution < 1.29 is 9.59 Å². The van der Waals surface area contributed by atoms with Gasteiger partial charge in [-0.1, -0.05) is 48.9 Å². The minimum atomic E-state index is -0.123. The molecule has 2 rings (SSSR count). The Balaban J connectivity index is 1.89. The molecule has 0 radical (unpaired) electrons. The van der Waals surface area contributed by atoms with Gasteiger partial charge < -0.3 is 16.0 Å². The van der Waals surface area contributed by atoms with Crippen molar-refractivity contribution in [1.82, 2.24) is 16.0 Å². The van der Waals surface area contributed by atoms with E-state index in [4.69, 9.17) is 0 Å². The molecule has 138 valence electrons. The van der Waals surface area contributed by atoms with Gasteiger partial charge in [0.05, 0.1) is 0 Å². The summed E-state index contributed by atoms with van der Waals surface area (Å²) in [5, 5.41) is 8.82. The lowest BCUT2D eigenvalue weighted by Gasteiger charge is -2.12. The number of nitrogens with one attached hydrogen (secondary N) is 3. The zero-order valence-corrected chi connectivity index (χ0v) is 15.6. The second kappa shape index (κ2) is 9.73. The monoisotopic (exact) mass is 353 g/mol. The molecule has 0 spiro atoms. The molecule has 0 fully saturated rings. The summed E-state index contributed by atoms with van der Waals surface area (Å²) in [4.78, 5) is 24.3. The third kappa shape index (κ3) is 6.01. The molecule has 0 saturated carbocycles. The van der Waals surface area contributed by atoms with Gasteiger partial charge in [0.15, 0.2) is 0 Å². The maximum atomic E-state index is 12.4. The van der Waals surface area contributed by atoms with Crippen molar-refractivity contribution in [1.29, 1.82) is 0 Å². The summed E-state index contributed by atoms with van der Waals surface area (Å²) < 4.78 is 0. The molecule has 0 aliphatic heterocycles. The van der Waals surface area contributed by atoms with Crippen LogP contribution in [0.25, 0.3) is 0 Å². The molecular weight excluding hydrogens is 326 g/mol. The highest BCUT2D eigenvalue weighted by Gasteiger charge is 2.12. The Morgan fingerprint density at radius 2 is 1.65 bits per heavy atom. The highest BCUT2D eigenvalue weighted by Crippen LogP contribution is 2.07. The molecule has 3 N–H and O–H groups in total. The largest absolute Gasteiger partial charge is 0.352 e. The highest BCUT2D eigenvalue weighted by molar-refractivity contribution is 5.94. The third-order valence-corrected chi connectivity index (χ3v) is 4.19. The van der Waals surface area contributed by atoms with Gasteiger partial charge in [-0.15, -0.1) is 0 Å². The molecular formula is C21H27N3O2. The van der Waals surface area contributed by atoms with Crippen molar-refractivity contribution in [3.05, 3.63) is 70.8 Å². The molecule has 0 saturated heterocycles. The number of hydrogen-bond donors (Lipinski definition) is 3. The van der Waals surface area contributed by atoms with Crippen LogP contribution < -0.4 is 16.0 Å². The molecule has 0 heterocycles. The van der Waals surface area contributed by atoms with E-state index in [2.05, 4.69) is 16.0 Å². The Morgan fingerprint density at radius 1 is 0.962 bits per heavy atom. The minimum Gasteiger partial charge on any atom is -0.352 e. The van der Waals surface area contributed by atoms with E-state index in [0.29, 0.717) is 25.2 Å². The zero-order valence-electron chi connectivity index (χ0n) is 15.6. The van der Waals surface area contributed by atoms with Crippen LogP contribution in [0.2, 0.25) is 0 Å². The van der Waals surface area contributed by atoms with Crippen molar-refractivity contribution in [2.75, 3.05) is 13.6 Å². The quantitative estimate of drug-likeness (QED) is 0.682. The van der Waals surface area contributed by atoms with Gasteiger partial charge in [0.2, 0.25) is 5.91 Å². The second-order valence-electron chi connectivity index (χ2n) is 6.55. The van der Waals surface area contributed by atoms with Crippen molar-refractivity contribution >= 4 is 11.8 Å². The lowest BCUT2D eigenvalue weighted by atomic mass is 10.1. The van der Waals surface area contributed by atoms with Gasteiger partial charge in [0.25, 0.3) is 5.91 Å². The SMILES string of the molecule is CNCC(C)C(=O)NCc1cccc(C(=O)NCc2ccc(C)cc2)c1. The van der Waals surface area contributed by atoms with Crippen LogP contribution in [0.15, 0.2) is 48.5 Å². The van der Waals surface area contributed by atoms with Crippen LogP contribution in [-0.4, -0.2) is 25.4 Å². The van der Waals surface area contributed by atoms with E-state index in [0.717, 1.165) is 11.1 Å². The Kier molecular flexibility index (Phi) is 7.36. The Labute approximate surface area is 155 Å². The molecule has 1 atom stereocenters. The summed E-state index contributed by atoms with van der Waals surface area (Å²) in [6, 6.07) is 15.4. The van der Waals surface area contributed by atoms with Crippen molar-refractivity contribution in [3.63, 3.8) is 0 Å². The van der Waals surface area contributed by atoms with Gasteiger partial charge in [-0.3, -0.25) is 9.59 Å². The summed E-state index contributed by atoms with van der Waals surface area (Å²) in [6.07, 6.45) is 0. The first-order chi connectivity index (χ1) is 12.5. The predicted octanol–water partition coefficient (Wildman–Crippen LogP) is 2.40. The van der Waals surface area contributed by atoms with Crippen LogP contribution in [0.4, 0.5) is 0 Å². The lowest BCUT2D eigenvalue weighted by Crippen LogP contribution is -2.34. The first-order valence-corrected chi connectivity index (χ1v) is 8.84. The van der Waals surface area contributed by atoms with E-state index in [-0.39, 0.29) is 17.7 Å². The summed E-state index contributed by atoms with van der Waals surface area (Å²) in [7, 11) is 1.82. The fourth-order valence-electron chi connectivity index (χ4n) is 2.58. The molecule has 0 bridgehead atoms. The normalized spacial score (nSPS) is 11.7. The first-order valence-electron chi connectivity index (χ1n) is 8.84. The van der Waals surface area contributed by atoms with Crippen LogP contribution in [0, 0.1) is 12.8 Å². The van der Waals surface area contributed by atoms with Crippen LogP contribution in [0.1, 0.15) is 34.0 Å². The average Bonchev–Trinajstić information content (AvgIpc) is 2.65. The number of carbonyl (C=O) groups excluding carboxylic acids is 2. The van der Waals surface area contributed by atoms with Crippen molar-refractivity contribution in [2.24, 2.45) is 5.92 Å². The van der Waals surface area contributed by atoms with Crippen molar-refractivity contribution in [3.8, 4) is 0 Å². The van der Waals surface area contributed by atoms with Crippen molar-refractivity contribution in [2.45, 2.75) is 26.9 Å². The summed E-state index contributed by atoms with van der Waals surface area (Å²) in [5.74, 6) is -0.225. The van der Waals surface area contributed by atoms with Gasteiger partial charge in [-0.2, -0.15) is 0 Å². The van der Waals surface area contributed by atoms with Gasteiger partial charge >= 0.3 is 0 Å². The lowest BCUT2D eigenvalue weighted by molar-refractivity contribution is -0.124. The minimum absolute atomic E-state index is 0.00595. The van der Waals surface area contributed by atoms with Crippen LogP contribution in [0.5, 0.6) is 0 Å². The fourth-order valence-corrected chi connectivity index (χ4v) is 2.58. The molecule has 0 aromatic heterocycles. The Hall–Kier alpha value is -2.66. The molecule has 0 aliphatic rings. The molecule has 26 heavy (non-hydrogen) atoms.